The molecule has 25 heavy (non-hydrogen) atoms. The SMILES string of the molecule is CCNC(=NCCCOC)NCCC(=O)Nc1ccc(C)cc1Cl.I. The number of nitrogens with one attached hydrogen (secondary N) is 3. The summed E-state index contributed by atoms with van der Waals surface area (Å²) >= 11 is 6.11. The fourth-order valence-corrected chi connectivity index (χ4v) is 2.25. The van der Waals surface area contributed by atoms with Crippen molar-refractivity contribution in [1.29, 1.82) is 0 Å². The Morgan fingerprint density at radius 1 is 1.32 bits per heavy atom. The first-order valence-corrected chi connectivity index (χ1v) is 8.51. The highest BCUT2D eigenvalue weighted by Crippen LogP contribution is 2.22. The van der Waals surface area contributed by atoms with Crippen LogP contribution in [0, 0.1) is 6.92 Å². The molecule has 1 aromatic rings. The second-order valence-corrected chi connectivity index (χ2v) is 5.72. The van der Waals surface area contributed by atoms with E-state index in [0.29, 0.717) is 42.8 Å². The van der Waals surface area contributed by atoms with Crippen LogP contribution in [0.1, 0.15) is 25.3 Å². The Morgan fingerprint density at radius 2 is 2.08 bits per heavy atom. The fourth-order valence-electron chi connectivity index (χ4n) is 1.97. The molecule has 1 rings (SSSR count). The van der Waals surface area contributed by atoms with E-state index < -0.39 is 0 Å². The number of nitrogens with zero attached hydrogens (tertiary/aromatic N) is 1. The summed E-state index contributed by atoms with van der Waals surface area (Å²) in [6.45, 7) is 6.57. The van der Waals surface area contributed by atoms with Crippen LogP contribution < -0.4 is 16.0 Å². The molecule has 142 valence electrons. The number of hydrogen-bond acceptors (Lipinski definition) is 3. The van der Waals surface area contributed by atoms with E-state index in [4.69, 9.17) is 16.3 Å². The summed E-state index contributed by atoms with van der Waals surface area (Å²) in [6, 6.07) is 5.55. The summed E-state index contributed by atoms with van der Waals surface area (Å²) in [4.78, 5) is 16.4. The summed E-state index contributed by atoms with van der Waals surface area (Å²) in [6.07, 6.45) is 1.19. The summed E-state index contributed by atoms with van der Waals surface area (Å²) < 4.78 is 5.00. The molecule has 0 aliphatic carbocycles. The predicted octanol–water partition coefficient (Wildman–Crippen LogP) is 3.19. The van der Waals surface area contributed by atoms with Gasteiger partial charge in [0.25, 0.3) is 0 Å². The maximum Gasteiger partial charge on any atom is 0.226 e. The Labute approximate surface area is 172 Å². The van der Waals surface area contributed by atoms with Gasteiger partial charge in [-0.15, -0.1) is 24.0 Å². The Bertz CT molecular complexity index is 555. The number of carbonyl (C=O) groups is 1. The zero-order valence-corrected chi connectivity index (χ0v) is 18.1. The highest BCUT2D eigenvalue weighted by Gasteiger charge is 2.06. The molecule has 0 spiro atoms. The van der Waals surface area contributed by atoms with Gasteiger partial charge in [-0.3, -0.25) is 9.79 Å². The van der Waals surface area contributed by atoms with Gasteiger partial charge in [-0.25, -0.2) is 0 Å². The van der Waals surface area contributed by atoms with Gasteiger partial charge < -0.3 is 20.7 Å². The molecule has 0 saturated heterocycles. The van der Waals surface area contributed by atoms with E-state index in [9.17, 15) is 4.79 Å². The number of amides is 1. The zero-order chi connectivity index (χ0) is 17.8. The monoisotopic (exact) mass is 482 g/mol. The third-order valence-electron chi connectivity index (χ3n) is 3.16. The topological polar surface area (TPSA) is 74.8 Å². The molecule has 0 aliphatic rings. The van der Waals surface area contributed by atoms with E-state index in [1.807, 2.05) is 32.0 Å². The highest BCUT2D eigenvalue weighted by molar-refractivity contribution is 14.0. The van der Waals surface area contributed by atoms with Crippen LogP contribution in [0.25, 0.3) is 0 Å². The molecule has 0 bridgehead atoms. The average Bonchev–Trinajstić information content (AvgIpc) is 2.54. The number of carbonyl (C=O) groups excluding carboxylic acids is 1. The molecule has 0 heterocycles. The van der Waals surface area contributed by atoms with Crippen molar-refractivity contribution >= 4 is 53.1 Å². The summed E-state index contributed by atoms with van der Waals surface area (Å²) in [5, 5.41) is 9.65. The Morgan fingerprint density at radius 3 is 2.72 bits per heavy atom. The van der Waals surface area contributed by atoms with Crippen molar-refractivity contribution in [3.63, 3.8) is 0 Å². The number of aryl methyl sites for hydroxylation is 1. The number of guanidine groups is 1. The maximum absolute atomic E-state index is 12.0. The van der Waals surface area contributed by atoms with Gasteiger partial charge >= 0.3 is 0 Å². The van der Waals surface area contributed by atoms with Crippen LogP contribution in [-0.2, 0) is 9.53 Å². The number of aliphatic imine (C=N–C) groups is 1. The van der Waals surface area contributed by atoms with Gasteiger partial charge in [-0.1, -0.05) is 17.7 Å². The number of ether oxygens (including phenoxy) is 1. The predicted molar refractivity (Wildman–Crippen MR) is 115 cm³/mol. The quantitative estimate of drug-likeness (QED) is 0.219. The van der Waals surface area contributed by atoms with Gasteiger partial charge in [-0.2, -0.15) is 0 Å². The number of benzene rings is 1. The van der Waals surface area contributed by atoms with Crippen molar-refractivity contribution in [2.45, 2.75) is 26.7 Å². The van der Waals surface area contributed by atoms with E-state index in [1.54, 1.807) is 7.11 Å². The average molecular weight is 483 g/mol. The second-order valence-electron chi connectivity index (χ2n) is 5.32. The Hall–Kier alpha value is -1.06. The lowest BCUT2D eigenvalue weighted by Gasteiger charge is -2.12. The minimum absolute atomic E-state index is 0. The molecule has 0 unspecified atom stereocenters. The molecule has 1 amide bonds. The number of hydrogen-bond donors (Lipinski definition) is 3. The Kier molecular flexibility index (Phi) is 13.5. The smallest absolute Gasteiger partial charge is 0.226 e. The van der Waals surface area contributed by atoms with Crippen LogP contribution >= 0.6 is 35.6 Å². The molecule has 6 nitrogen and oxygen atoms in total. The maximum atomic E-state index is 12.0. The number of methoxy groups -OCH3 is 1. The minimum Gasteiger partial charge on any atom is -0.385 e. The molecule has 1 aromatic carbocycles. The van der Waals surface area contributed by atoms with E-state index in [0.717, 1.165) is 18.5 Å². The second kappa shape index (κ2) is 14.1. The van der Waals surface area contributed by atoms with Crippen LogP contribution in [0.3, 0.4) is 0 Å². The molecule has 0 radical (unpaired) electrons. The van der Waals surface area contributed by atoms with E-state index >= 15 is 0 Å². The van der Waals surface area contributed by atoms with Gasteiger partial charge in [0, 0.05) is 39.8 Å². The van der Waals surface area contributed by atoms with Crippen molar-refractivity contribution in [3.8, 4) is 0 Å². The van der Waals surface area contributed by atoms with Crippen molar-refractivity contribution < 1.29 is 9.53 Å². The van der Waals surface area contributed by atoms with Crippen molar-refractivity contribution in [3.05, 3.63) is 28.8 Å². The normalized spacial score (nSPS) is 10.8. The van der Waals surface area contributed by atoms with E-state index in [2.05, 4.69) is 20.9 Å². The molecule has 0 atom stereocenters. The van der Waals surface area contributed by atoms with Gasteiger partial charge in [0.2, 0.25) is 5.91 Å². The number of halogens is 2. The molecule has 0 aliphatic heterocycles. The Balaban J connectivity index is 0.00000576. The lowest BCUT2D eigenvalue weighted by atomic mass is 10.2. The van der Waals surface area contributed by atoms with Gasteiger partial charge in [0.05, 0.1) is 10.7 Å². The molecular formula is C17H28ClIN4O2. The van der Waals surface area contributed by atoms with E-state index in [-0.39, 0.29) is 29.9 Å². The molecule has 0 saturated carbocycles. The van der Waals surface area contributed by atoms with Crippen LogP contribution in [0.2, 0.25) is 5.02 Å². The first kappa shape index (κ1) is 23.9. The van der Waals surface area contributed by atoms with Crippen LogP contribution in [0.15, 0.2) is 23.2 Å². The fraction of sp³-hybridized carbons (Fsp3) is 0.529. The summed E-state index contributed by atoms with van der Waals surface area (Å²) in [5.74, 6) is 0.609. The first-order valence-electron chi connectivity index (χ1n) is 8.14. The lowest BCUT2D eigenvalue weighted by molar-refractivity contribution is -0.116. The molecular weight excluding hydrogens is 455 g/mol. The number of anilines is 1. The van der Waals surface area contributed by atoms with Crippen LogP contribution in [0.4, 0.5) is 5.69 Å². The molecule has 0 fully saturated rings. The van der Waals surface area contributed by atoms with Gasteiger partial charge in [0.1, 0.15) is 0 Å². The third kappa shape index (κ3) is 10.5. The van der Waals surface area contributed by atoms with Crippen molar-refractivity contribution in [1.82, 2.24) is 10.6 Å². The van der Waals surface area contributed by atoms with Crippen molar-refractivity contribution in [2.75, 3.05) is 38.7 Å². The molecule has 0 aromatic heterocycles. The van der Waals surface area contributed by atoms with Gasteiger partial charge in [-0.05, 0) is 38.0 Å². The van der Waals surface area contributed by atoms with Crippen molar-refractivity contribution in [2.24, 2.45) is 4.99 Å². The third-order valence-corrected chi connectivity index (χ3v) is 3.48. The zero-order valence-electron chi connectivity index (χ0n) is 15.0. The standard InChI is InChI=1S/C17H27ClN4O2.HI/c1-4-19-17(20-9-5-11-24-3)21-10-8-16(23)22-15-7-6-13(2)12-14(15)18;/h6-7,12H,4-5,8-11H2,1-3H3,(H,22,23)(H2,19,20,21);1H. The lowest BCUT2D eigenvalue weighted by Crippen LogP contribution is -2.38. The highest BCUT2D eigenvalue weighted by atomic mass is 127. The largest absolute Gasteiger partial charge is 0.385 e. The van der Waals surface area contributed by atoms with Gasteiger partial charge in [0.15, 0.2) is 5.96 Å². The van der Waals surface area contributed by atoms with Crippen LogP contribution in [0.5, 0.6) is 0 Å². The van der Waals surface area contributed by atoms with Crippen LogP contribution in [-0.4, -0.2) is 45.2 Å². The minimum atomic E-state index is -0.0940. The molecule has 8 heteroatoms. The summed E-state index contributed by atoms with van der Waals surface area (Å²) in [7, 11) is 1.67. The summed E-state index contributed by atoms with van der Waals surface area (Å²) in [5.41, 5.74) is 1.69. The number of rotatable bonds is 9. The first-order chi connectivity index (χ1) is 11.6. The molecule has 3 N–H and O–H groups in total. The van der Waals surface area contributed by atoms with E-state index in [1.165, 1.54) is 0 Å².